The van der Waals surface area contributed by atoms with Crippen LogP contribution in [0, 0.1) is 26.7 Å². The Labute approximate surface area is 124 Å². The van der Waals surface area contributed by atoms with Gasteiger partial charge in [-0.15, -0.1) is 0 Å². The average Bonchev–Trinajstić information content (AvgIpc) is 2.85. The number of carboxylic acid groups (broad SMARTS) is 1. The van der Waals surface area contributed by atoms with E-state index < -0.39 is 17.9 Å². The van der Waals surface area contributed by atoms with Gasteiger partial charge < -0.3 is 14.7 Å². The summed E-state index contributed by atoms with van der Waals surface area (Å²) in [5, 5.41) is 9.21. The summed E-state index contributed by atoms with van der Waals surface area (Å²) in [7, 11) is 1.65. The number of hydrogen-bond acceptors (Lipinski definition) is 3. The first-order valence-electron chi connectivity index (χ1n) is 6.98. The van der Waals surface area contributed by atoms with Crippen LogP contribution in [0.4, 0.5) is 0 Å². The Bertz CT molecular complexity index is 559. The van der Waals surface area contributed by atoms with Crippen molar-refractivity contribution in [3.63, 3.8) is 0 Å². The average molecular weight is 291 g/mol. The molecule has 1 heterocycles. The Morgan fingerprint density at radius 3 is 2.29 bits per heavy atom. The molecule has 5 nitrogen and oxygen atoms in total. The van der Waals surface area contributed by atoms with Crippen molar-refractivity contribution in [1.82, 2.24) is 4.90 Å². The van der Waals surface area contributed by atoms with Gasteiger partial charge in [-0.1, -0.05) is 17.7 Å². The van der Waals surface area contributed by atoms with E-state index in [1.165, 1.54) is 4.90 Å². The molecule has 1 saturated heterocycles. The van der Waals surface area contributed by atoms with Gasteiger partial charge in [0.2, 0.25) is 0 Å². The SMILES string of the molecule is Cc1cc(C)c(C(=O)N(C)C2COCC2C(=O)O)c(C)c1. The summed E-state index contributed by atoms with van der Waals surface area (Å²) in [6, 6.07) is 3.51. The lowest BCUT2D eigenvalue weighted by Gasteiger charge is -2.27. The number of benzene rings is 1. The number of nitrogens with zero attached hydrogens (tertiary/aromatic N) is 1. The first-order valence-corrected chi connectivity index (χ1v) is 6.98. The van der Waals surface area contributed by atoms with Gasteiger partial charge in [-0.05, 0) is 31.9 Å². The molecule has 1 fully saturated rings. The smallest absolute Gasteiger partial charge is 0.311 e. The highest BCUT2D eigenvalue weighted by Gasteiger charge is 2.39. The molecule has 0 aromatic heterocycles. The molecule has 0 spiro atoms. The first-order chi connectivity index (χ1) is 9.82. The zero-order valence-electron chi connectivity index (χ0n) is 12.8. The second-order valence-corrected chi connectivity index (χ2v) is 5.74. The molecule has 0 radical (unpaired) electrons. The van der Waals surface area contributed by atoms with Gasteiger partial charge in [0.05, 0.1) is 19.3 Å². The highest BCUT2D eigenvalue weighted by atomic mass is 16.5. The molecule has 114 valence electrons. The molecular formula is C16H21NO4. The molecule has 21 heavy (non-hydrogen) atoms. The highest BCUT2D eigenvalue weighted by molar-refractivity contribution is 5.97. The molecule has 1 amide bonds. The van der Waals surface area contributed by atoms with Crippen LogP contribution in [-0.4, -0.2) is 48.2 Å². The Kier molecular flexibility index (Phi) is 4.32. The number of likely N-dealkylation sites (N-methyl/N-ethyl adjacent to an activating group) is 1. The molecular weight excluding hydrogens is 270 g/mol. The summed E-state index contributed by atoms with van der Waals surface area (Å²) >= 11 is 0. The van der Waals surface area contributed by atoms with Crippen LogP contribution < -0.4 is 0 Å². The highest BCUT2D eigenvalue weighted by Crippen LogP contribution is 2.24. The molecule has 1 aromatic rings. The minimum absolute atomic E-state index is 0.147. The van der Waals surface area contributed by atoms with E-state index in [-0.39, 0.29) is 19.1 Å². The van der Waals surface area contributed by atoms with Crippen molar-refractivity contribution in [2.45, 2.75) is 26.8 Å². The number of hydrogen-bond donors (Lipinski definition) is 1. The Hall–Kier alpha value is -1.88. The van der Waals surface area contributed by atoms with Crippen molar-refractivity contribution in [2.24, 2.45) is 5.92 Å². The van der Waals surface area contributed by atoms with Crippen LogP contribution in [0.3, 0.4) is 0 Å². The van der Waals surface area contributed by atoms with Crippen LogP contribution in [0.15, 0.2) is 12.1 Å². The fraction of sp³-hybridized carbons (Fsp3) is 0.500. The molecule has 1 aromatic carbocycles. The van der Waals surface area contributed by atoms with E-state index >= 15 is 0 Å². The van der Waals surface area contributed by atoms with Crippen molar-refractivity contribution < 1.29 is 19.4 Å². The summed E-state index contributed by atoms with van der Waals surface area (Å²) in [4.78, 5) is 25.5. The number of aryl methyl sites for hydroxylation is 3. The lowest BCUT2D eigenvalue weighted by Crippen LogP contribution is -2.44. The maximum absolute atomic E-state index is 12.7. The fourth-order valence-electron chi connectivity index (χ4n) is 3.00. The largest absolute Gasteiger partial charge is 0.481 e. The van der Waals surface area contributed by atoms with Gasteiger partial charge in [0, 0.05) is 12.6 Å². The van der Waals surface area contributed by atoms with E-state index in [4.69, 9.17) is 4.74 Å². The van der Waals surface area contributed by atoms with Gasteiger partial charge in [-0.3, -0.25) is 9.59 Å². The van der Waals surface area contributed by atoms with Crippen molar-refractivity contribution in [1.29, 1.82) is 0 Å². The number of carboxylic acids is 1. The summed E-state index contributed by atoms with van der Waals surface area (Å²) in [5.41, 5.74) is 3.58. The molecule has 2 atom stereocenters. The molecule has 2 rings (SSSR count). The van der Waals surface area contributed by atoms with Gasteiger partial charge >= 0.3 is 5.97 Å². The number of carbonyl (C=O) groups excluding carboxylic acids is 1. The number of carbonyl (C=O) groups is 2. The molecule has 1 N–H and O–H groups in total. The van der Waals surface area contributed by atoms with Crippen LogP contribution in [0.2, 0.25) is 0 Å². The van der Waals surface area contributed by atoms with Gasteiger partial charge in [0.1, 0.15) is 5.92 Å². The van der Waals surface area contributed by atoms with Gasteiger partial charge in [-0.2, -0.15) is 0 Å². The topological polar surface area (TPSA) is 66.8 Å². The zero-order valence-corrected chi connectivity index (χ0v) is 12.8. The Morgan fingerprint density at radius 1 is 1.19 bits per heavy atom. The third kappa shape index (κ3) is 2.93. The number of ether oxygens (including phenoxy) is 1. The Balaban J connectivity index is 2.30. The first kappa shape index (κ1) is 15.5. The third-order valence-electron chi connectivity index (χ3n) is 4.08. The molecule has 1 aliphatic heterocycles. The van der Waals surface area contributed by atoms with E-state index in [2.05, 4.69) is 0 Å². The third-order valence-corrected chi connectivity index (χ3v) is 4.08. The number of rotatable bonds is 3. The van der Waals surface area contributed by atoms with Crippen LogP contribution in [0.25, 0.3) is 0 Å². The molecule has 5 heteroatoms. The summed E-state index contributed by atoms with van der Waals surface area (Å²) in [5.74, 6) is -1.73. The predicted molar refractivity (Wildman–Crippen MR) is 78.5 cm³/mol. The second-order valence-electron chi connectivity index (χ2n) is 5.74. The molecule has 0 aliphatic carbocycles. The van der Waals surface area contributed by atoms with Crippen LogP contribution >= 0.6 is 0 Å². The number of amides is 1. The van der Waals surface area contributed by atoms with E-state index in [9.17, 15) is 14.7 Å². The van der Waals surface area contributed by atoms with Gasteiger partial charge in [0.15, 0.2) is 0 Å². The van der Waals surface area contributed by atoms with Crippen molar-refractivity contribution >= 4 is 11.9 Å². The quantitative estimate of drug-likeness (QED) is 0.922. The van der Waals surface area contributed by atoms with Crippen LogP contribution in [-0.2, 0) is 9.53 Å². The minimum Gasteiger partial charge on any atom is -0.481 e. The Morgan fingerprint density at radius 2 is 1.76 bits per heavy atom. The molecule has 0 saturated carbocycles. The summed E-state index contributed by atoms with van der Waals surface area (Å²) in [6.45, 7) is 6.22. The van der Waals surface area contributed by atoms with Crippen molar-refractivity contribution in [3.05, 3.63) is 34.4 Å². The summed E-state index contributed by atoms with van der Waals surface area (Å²) in [6.07, 6.45) is 0. The predicted octanol–water partition coefficient (Wildman–Crippen LogP) is 1.78. The van der Waals surface area contributed by atoms with Crippen LogP contribution in [0.1, 0.15) is 27.0 Å². The lowest BCUT2D eigenvalue weighted by atomic mass is 9.96. The molecule has 0 bridgehead atoms. The normalized spacial score (nSPS) is 21.3. The van der Waals surface area contributed by atoms with E-state index in [1.807, 2.05) is 32.9 Å². The molecule has 1 aliphatic rings. The van der Waals surface area contributed by atoms with E-state index in [0.717, 1.165) is 16.7 Å². The fourth-order valence-corrected chi connectivity index (χ4v) is 3.00. The van der Waals surface area contributed by atoms with Crippen molar-refractivity contribution in [3.8, 4) is 0 Å². The standard InChI is InChI=1S/C16H21NO4/c1-9-5-10(2)14(11(3)6-9)15(18)17(4)13-8-21-7-12(13)16(19)20/h5-6,12-13H,7-8H2,1-4H3,(H,19,20). The second kappa shape index (κ2) is 5.85. The lowest BCUT2D eigenvalue weighted by molar-refractivity contribution is -0.142. The van der Waals surface area contributed by atoms with E-state index in [0.29, 0.717) is 5.56 Å². The number of aliphatic carboxylic acids is 1. The maximum Gasteiger partial charge on any atom is 0.311 e. The zero-order chi connectivity index (χ0) is 15.7. The maximum atomic E-state index is 12.7. The summed E-state index contributed by atoms with van der Waals surface area (Å²) < 4.78 is 5.24. The van der Waals surface area contributed by atoms with Gasteiger partial charge in [-0.25, -0.2) is 0 Å². The van der Waals surface area contributed by atoms with E-state index in [1.54, 1.807) is 7.05 Å². The van der Waals surface area contributed by atoms with Crippen LogP contribution in [0.5, 0.6) is 0 Å². The minimum atomic E-state index is -0.922. The molecule has 2 unspecified atom stereocenters. The monoisotopic (exact) mass is 291 g/mol. The van der Waals surface area contributed by atoms with Gasteiger partial charge in [0.25, 0.3) is 5.91 Å². The van der Waals surface area contributed by atoms with Crippen molar-refractivity contribution in [2.75, 3.05) is 20.3 Å².